The fourth-order valence-corrected chi connectivity index (χ4v) is 1.00. The Morgan fingerprint density at radius 3 is 2.23 bits per heavy atom. The van der Waals surface area contributed by atoms with Crippen molar-refractivity contribution < 1.29 is 25.4 Å². The maximum Gasteiger partial charge on any atom is 0.323 e. The zero-order chi connectivity index (χ0) is 10.4. The van der Waals surface area contributed by atoms with E-state index in [0.717, 1.165) is 11.5 Å². The van der Waals surface area contributed by atoms with Crippen LogP contribution in [0.4, 0.5) is 0 Å². The summed E-state index contributed by atoms with van der Waals surface area (Å²) in [7, 11) is 0. The van der Waals surface area contributed by atoms with Crippen molar-refractivity contribution in [2.24, 2.45) is 0 Å². The molecule has 0 saturated carbocycles. The Morgan fingerprint density at radius 2 is 2.08 bits per heavy atom. The van der Waals surface area contributed by atoms with E-state index in [4.69, 9.17) is 25.6 Å². The van der Waals surface area contributed by atoms with Gasteiger partial charge in [0.1, 0.15) is 6.04 Å². The number of carboxylic acids is 1. The van der Waals surface area contributed by atoms with E-state index < -0.39 is 17.1 Å². The molecule has 3 N–H and O–H groups in total. The predicted molar refractivity (Wildman–Crippen MR) is 37.9 cm³/mol. The lowest BCUT2D eigenvalue weighted by Gasteiger charge is -2.11. The van der Waals surface area contributed by atoms with Gasteiger partial charge in [0.05, 0.1) is 0 Å². The minimum Gasteiger partial charge on any atom is -0.480 e. The SMILES string of the molecule is O=C(O)C1CCCN1O.O=[N+]([O-])O. The Hall–Kier alpha value is -1.41. The third-order valence-electron chi connectivity index (χ3n) is 1.51. The molecule has 0 aliphatic carbocycles. The molecule has 0 bridgehead atoms. The zero-order valence-corrected chi connectivity index (χ0v) is 6.66. The van der Waals surface area contributed by atoms with E-state index >= 15 is 0 Å². The summed E-state index contributed by atoms with van der Waals surface area (Å²) in [4.78, 5) is 18.6. The molecule has 0 aromatic carbocycles. The van der Waals surface area contributed by atoms with Gasteiger partial charge in [0.2, 0.25) is 0 Å². The van der Waals surface area contributed by atoms with Gasteiger partial charge in [-0.3, -0.25) is 4.79 Å². The zero-order valence-electron chi connectivity index (χ0n) is 6.66. The summed E-state index contributed by atoms with van der Waals surface area (Å²) in [5.74, 6) is -0.935. The summed E-state index contributed by atoms with van der Waals surface area (Å²) >= 11 is 0. The molecule has 8 nitrogen and oxygen atoms in total. The highest BCUT2D eigenvalue weighted by molar-refractivity contribution is 5.73. The molecule has 1 heterocycles. The highest BCUT2D eigenvalue weighted by atomic mass is 16.9. The summed E-state index contributed by atoms with van der Waals surface area (Å²) in [6.45, 7) is 0.483. The van der Waals surface area contributed by atoms with Crippen molar-refractivity contribution in [1.29, 1.82) is 0 Å². The molecule has 0 amide bonds. The summed E-state index contributed by atoms with van der Waals surface area (Å²) in [6.07, 6.45) is 1.33. The second-order valence-electron chi connectivity index (χ2n) is 2.40. The van der Waals surface area contributed by atoms with Crippen LogP contribution in [0, 0.1) is 10.1 Å². The van der Waals surface area contributed by atoms with Gasteiger partial charge in [-0.15, -0.1) is 10.1 Å². The van der Waals surface area contributed by atoms with Gasteiger partial charge in [0.15, 0.2) is 0 Å². The van der Waals surface area contributed by atoms with Gasteiger partial charge >= 0.3 is 5.97 Å². The first-order valence-electron chi connectivity index (χ1n) is 3.46. The van der Waals surface area contributed by atoms with Crippen LogP contribution in [0.25, 0.3) is 0 Å². The van der Waals surface area contributed by atoms with Gasteiger partial charge in [-0.05, 0) is 12.8 Å². The van der Waals surface area contributed by atoms with E-state index in [1.54, 1.807) is 0 Å². The highest BCUT2D eigenvalue weighted by Crippen LogP contribution is 2.13. The molecule has 0 radical (unpaired) electrons. The van der Waals surface area contributed by atoms with Crippen molar-refractivity contribution in [3.05, 3.63) is 10.1 Å². The summed E-state index contributed by atoms with van der Waals surface area (Å²) in [5, 5.41) is 31.7. The van der Waals surface area contributed by atoms with Crippen molar-refractivity contribution in [1.82, 2.24) is 5.06 Å². The molecule has 0 aromatic rings. The Balaban J connectivity index is 0.000000310. The number of rotatable bonds is 1. The number of carboxylic acid groups (broad SMARTS) is 1. The quantitative estimate of drug-likeness (QED) is 0.382. The van der Waals surface area contributed by atoms with Crippen LogP contribution in [0.5, 0.6) is 0 Å². The first kappa shape index (κ1) is 11.6. The number of hydrogen-bond donors (Lipinski definition) is 3. The molecule has 0 aromatic heterocycles. The maximum atomic E-state index is 10.2. The van der Waals surface area contributed by atoms with E-state index in [1.165, 1.54) is 0 Å². The third-order valence-corrected chi connectivity index (χ3v) is 1.51. The van der Waals surface area contributed by atoms with Crippen LogP contribution in [0.15, 0.2) is 0 Å². The van der Waals surface area contributed by atoms with E-state index in [1.807, 2.05) is 0 Å². The average molecular weight is 194 g/mol. The molecule has 0 spiro atoms. The van der Waals surface area contributed by atoms with Crippen LogP contribution in [0.2, 0.25) is 0 Å². The summed E-state index contributed by atoms with van der Waals surface area (Å²) in [5.41, 5.74) is 0. The molecule has 1 rings (SSSR count). The van der Waals surface area contributed by atoms with Crippen molar-refractivity contribution in [3.63, 3.8) is 0 Å². The Bertz CT molecular complexity index is 191. The van der Waals surface area contributed by atoms with Crippen molar-refractivity contribution in [2.75, 3.05) is 6.54 Å². The van der Waals surface area contributed by atoms with Crippen LogP contribution >= 0.6 is 0 Å². The van der Waals surface area contributed by atoms with Gasteiger partial charge in [0.25, 0.3) is 5.09 Å². The molecule has 1 fully saturated rings. The number of hydroxylamine groups is 2. The summed E-state index contributed by atoms with van der Waals surface area (Å²) < 4.78 is 0. The first-order valence-corrected chi connectivity index (χ1v) is 3.46. The minimum atomic E-state index is -1.50. The van der Waals surface area contributed by atoms with Crippen LogP contribution in [0.1, 0.15) is 12.8 Å². The molecule has 1 saturated heterocycles. The monoisotopic (exact) mass is 194 g/mol. The Labute approximate surface area is 73.1 Å². The molecule has 13 heavy (non-hydrogen) atoms. The van der Waals surface area contributed by atoms with E-state index in [0.29, 0.717) is 13.0 Å². The van der Waals surface area contributed by atoms with E-state index in [9.17, 15) is 4.79 Å². The van der Waals surface area contributed by atoms with Crippen LogP contribution in [0.3, 0.4) is 0 Å². The van der Waals surface area contributed by atoms with Gasteiger partial charge in [-0.2, -0.15) is 5.06 Å². The topological polar surface area (TPSA) is 124 Å². The minimum absolute atomic E-state index is 0.483. The van der Waals surface area contributed by atoms with E-state index in [-0.39, 0.29) is 0 Å². The standard InChI is InChI=1S/C5H9NO3.HNO3/c7-5(8)4-2-1-3-6(4)9;2-1(3)4/h4,9H,1-3H2,(H,7,8);(H,2,3,4). The lowest BCUT2D eigenvalue weighted by molar-refractivity contribution is -0.742. The largest absolute Gasteiger partial charge is 0.480 e. The van der Waals surface area contributed by atoms with Gasteiger partial charge in [-0.25, -0.2) is 0 Å². The molecular formula is C5H10N2O6. The maximum absolute atomic E-state index is 10.2. The Morgan fingerprint density at radius 1 is 1.62 bits per heavy atom. The third kappa shape index (κ3) is 4.93. The van der Waals surface area contributed by atoms with Crippen LogP contribution < -0.4 is 0 Å². The second kappa shape index (κ2) is 5.27. The molecule has 1 atom stereocenters. The van der Waals surface area contributed by atoms with Gasteiger partial charge in [0, 0.05) is 6.54 Å². The highest BCUT2D eigenvalue weighted by Gasteiger charge is 2.28. The van der Waals surface area contributed by atoms with Crippen LogP contribution in [-0.4, -0.2) is 44.2 Å². The predicted octanol–water partition coefficient (Wildman–Crippen LogP) is -0.423. The first-order chi connectivity index (χ1) is 5.95. The smallest absolute Gasteiger partial charge is 0.323 e. The number of aliphatic carboxylic acids is 1. The van der Waals surface area contributed by atoms with Crippen molar-refractivity contribution in [2.45, 2.75) is 18.9 Å². The average Bonchev–Trinajstić information content (AvgIpc) is 2.33. The second-order valence-corrected chi connectivity index (χ2v) is 2.40. The van der Waals surface area contributed by atoms with Gasteiger partial charge < -0.3 is 15.5 Å². The molecule has 1 aliphatic rings. The van der Waals surface area contributed by atoms with Gasteiger partial charge in [-0.1, -0.05) is 0 Å². The van der Waals surface area contributed by atoms with E-state index in [2.05, 4.69) is 0 Å². The molecule has 8 heteroatoms. The number of hydrogen-bond acceptors (Lipinski definition) is 5. The fraction of sp³-hybridized carbons (Fsp3) is 0.800. The lowest BCUT2D eigenvalue weighted by Crippen LogP contribution is -2.32. The fourth-order valence-electron chi connectivity index (χ4n) is 1.00. The molecule has 76 valence electrons. The van der Waals surface area contributed by atoms with Crippen molar-refractivity contribution >= 4 is 5.97 Å². The summed E-state index contributed by atoms with van der Waals surface area (Å²) in [6, 6.07) is -0.662. The van der Waals surface area contributed by atoms with Crippen molar-refractivity contribution in [3.8, 4) is 0 Å². The van der Waals surface area contributed by atoms with Crippen LogP contribution in [-0.2, 0) is 4.79 Å². The number of nitrogens with zero attached hydrogens (tertiary/aromatic N) is 2. The molecular weight excluding hydrogens is 184 g/mol. The lowest BCUT2D eigenvalue weighted by atomic mass is 10.2. The Kier molecular flexibility index (Phi) is 4.70. The normalized spacial score (nSPS) is 21.8. The molecule has 1 unspecified atom stereocenters. The molecule has 1 aliphatic heterocycles. The number of carbonyl (C=O) groups is 1.